The number of aromatic nitrogens is 1. The van der Waals surface area contributed by atoms with Gasteiger partial charge in [-0.1, -0.05) is 6.07 Å². The van der Waals surface area contributed by atoms with Gasteiger partial charge in [0.25, 0.3) is 0 Å². The summed E-state index contributed by atoms with van der Waals surface area (Å²) in [6.07, 6.45) is 1.54. The zero-order valence-corrected chi connectivity index (χ0v) is 17.7. The van der Waals surface area contributed by atoms with Gasteiger partial charge in [-0.3, -0.25) is 19.4 Å². The van der Waals surface area contributed by atoms with Gasteiger partial charge < -0.3 is 14.8 Å². The molecular weight excluding hydrogens is 421 g/mol. The first kappa shape index (κ1) is 21.5. The van der Waals surface area contributed by atoms with E-state index in [2.05, 4.69) is 16.3 Å². The number of hydrogen-bond acceptors (Lipinski definition) is 5. The van der Waals surface area contributed by atoms with Crippen LogP contribution in [0.4, 0.5) is 4.39 Å². The van der Waals surface area contributed by atoms with Crippen molar-refractivity contribution in [3.63, 3.8) is 0 Å². The molecule has 0 aliphatic carbocycles. The third-order valence-corrected chi connectivity index (χ3v) is 6.56. The number of carboxylic acids is 2. The number of thiophene rings is 1. The standard InChI is InChI=1S/C22H24FN3O4S/c23-15-3-4-17-18(14-26(19(17)12-15)6-5-20(27)28)21(22(29)30)25-9-7-24(8-10-25)13-16-2-1-11-31-16/h1-4,11-12,14,21H,5-10,13H2,(H,27,28)(H,29,30)/t21-/m0/s1. The van der Waals surface area contributed by atoms with Gasteiger partial charge in [0.2, 0.25) is 0 Å². The lowest BCUT2D eigenvalue weighted by atomic mass is 10.0. The number of piperazine rings is 1. The van der Waals surface area contributed by atoms with Crippen LogP contribution in [0.1, 0.15) is 22.9 Å². The quantitative estimate of drug-likeness (QED) is 0.554. The molecule has 1 aliphatic rings. The van der Waals surface area contributed by atoms with E-state index < -0.39 is 23.8 Å². The number of aryl methyl sites for hydroxylation is 1. The molecule has 0 radical (unpaired) electrons. The summed E-state index contributed by atoms with van der Waals surface area (Å²) in [5.41, 5.74) is 1.08. The van der Waals surface area contributed by atoms with Gasteiger partial charge in [-0.25, -0.2) is 4.39 Å². The molecule has 3 heterocycles. The highest BCUT2D eigenvalue weighted by molar-refractivity contribution is 7.09. The van der Waals surface area contributed by atoms with E-state index in [-0.39, 0.29) is 13.0 Å². The largest absolute Gasteiger partial charge is 0.481 e. The number of rotatable bonds is 8. The van der Waals surface area contributed by atoms with E-state index in [1.54, 1.807) is 28.2 Å². The van der Waals surface area contributed by atoms with Gasteiger partial charge in [0, 0.05) is 61.3 Å². The van der Waals surface area contributed by atoms with Crippen molar-refractivity contribution in [2.24, 2.45) is 0 Å². The molecule has 1 atom stereocenters. The summed E-state index contributed by atoms with van der Waals surface area (Å²) in [5, 5.41) is 21.8. The fourth-order valence-corrected chi connectivity index (χ4v) is 4.95. The second-order valence-electron chi connectivity index (χ2n) is 7.72. The van der Waals surface area contributed by atoms with Gasteiger partial charge in [-0.05, 0) is 29.6 Å². The van der Waals surface area contributed by atoms with Crippen molar-refractivity contribution in [1.29, 1.82) is 0 Å². The molecule has 0 amide bonds. The summed E-state index contributed by atoms with van der Waals surface area (Å²) >= 11 is 1.71. The Balaban J connectivity index is 1.58. The molecule has 0 spiro atoms. The number of hydrogen-bond donors (Lipinski definition) is 2. The molecule has 7 nitrogen and oxygen atoms in total. The second-order valence-corrected chi connectivity index (χ2v) is 8.75. The van der Waals surface area contributed by atoms with E-state index >= 15 is 0 Å². The maximum atomic E-state index is 13.9. The third-order valence-electron chi connectivity index (χ3n) is 5.70. The number of carboxylic acid groups (broad SMARTS) is 2. The van der Waals surface area contributed by atoms with E-state index in [1.807, 2.05) is 11.0 Å². The van der Waals surface area contributed by atoms with E-state index in [0.29, 0.717) is 29.6 Å². The smallest absolute Gasteiger partial charge is 0.325 e. The van der Waals surface area contributed by atoms with E-state index in [9.17, 15) is 19.1 Å². The number of benzene rings is 1. The Bertz CT molecular complexity index is 1070. The van der Waals surface area contributed by atoms with E-state index in [4.69, 9.17) is 5.11 Å². The van der Waals surface area contributed by atoms with Crippen molar-refractivity contribution >= 4 is 34.2 Å². The van der Waals surface area contributed by atoms with Crippen LogP contribution in [0, 0.1) is 5.82 Å². The van der Waals surface area contributed by atoms with Crippen LogP contribution in [-0.2, 0) is 22.7 Å². The summed E-state index contributed by atoms with van der Waals surface area (Å²) in [7, 11) is 0. The lowest BCUT2D eigenvalue weighted by molar-refractivity contribution is -0.144. The summed E-state index contributed by atoms with van der Waals surface area (Å²) < 4.78 is 15.5. The molecule has 1 saturated heterocycles. The van der Waals surface area contributed by atoms with Crippen molar-refractivity contribution in [2.45, 2.75) is 25.6 Å². The highest BCUT2D eigenvalue weighted by Crippen LogP contribution is 2.32. The normalized spacial score (nSPS) is 16.5. The maximum absolute atomic E-state index is 13.9. The Morgan fingerprint density at radius 1 is 1.13 bits per heavy atom. The van der Waals surface area contributed by atoms with Gasteiger partial charge in [0.15, 0.2) is 0 Å². The van der Waals surface area contributed by atoms with Crippen molar-refractivity contribution < 1.29 is 24.2 Å². The average molecular weight is 446 g/mol. The fourth-order valence-electron chi connectivity index (χ4n) is 4.20. The van der Waals surface area contributed by atoms with Crippen LogP contribution in [0.25, 0.3) is 10.9 Å². The predicted octanol–water partition coefficient (Wildman–Crippen LogP) is 3.26. The van der Waals surface area contributed by atoms with Gasteiger partial charge in [-0.2, -0.15) is 0 Å². The molecule has 0 saturated carbocycles. The summed E-state index contributed by atoms with van der Waals surface area (Å²) in [5.74, 6) is -2.37. The Kier molecular flexibility index (Phi) is 6.35. The van der Waals surface area contributed by atoms with Crippen LogP contribution in [-0.4, -0.2) is 62.7 Å². The van der Waals surface area contributed by atoms with Crippen LogP contribution < -0.4 is 0 Å². The number of fused-ring (bicyclic) bond motifs is 1. The lowest BCUT2D eigenvalue weighted by Crippen LogP contribution is -2.48. The Labute approximate surface area is 182 Å². The minimum absolute atomic E-state index is 0.126. The van der Waals surface area contributed by atoms with Gasteiger partial charge >= 0.3 is 11.9 Å². The predicted molar refractivity (Wildman–Crippen MR) is 116 cm³/mol. The molecule has 31 heavy (non-hydrogen) atoms. The van der Waals surface area contributed by atoms with Crippen molar-refractivity contribution in [2.75, 3.05) is 26.2 Å². The topological polar surface area (TPSA) is 86.0 Å². The molecule has 1 fully saturated rings. The van der Waals surface area contributed by atoms with Crippen LogP contribution in [0.15, 0.2) is 41.9 Å². The molecule has 3 aromatic rings. The van der Waals surface area contributed by atoms with E-state index in [1.165, 1.54) is 17.0 Å². The first-order chi connectivity index (χ1) is 14.9. The highest BCUT2D eigenvalue weighted by atomic mass is 32.1. The molecule has 0 unspecified atom stereocenters. The zero-order chi connectivity index (χ0) is 22.0. The molecule has 2 aromatic heterocycles. The molecular formula is C22H24FN3O4S. The number of nitrogens with zero attached hydrogens (tertiary/aromatic N) is 3. The van der Waals surface area contributed by atoms with Gasteiger partial charge in [-0.15, -0.1) is 11.3 Å². The monoisotopic (exact) mass is 445 g/mol. The van der Waals surface area contributed by atoms with E-state index in [0.717, 1.165) is 19.6 Å². The van der Waals surface area contributed by atoms with Gasteiger partial charge in [0.1, 0.15) is 11.9 Å². The zero-order valence-electron chi connectivity index (χ0n) is 16.9. The molecule has 1 aromatic carbocycles. The molecule has 1 aliphatic heterocycles. The SMILES string of the molecule is O=C(O)CCn1cc([C@@H](C(=O)O)N2CCN(Cc3cccs3)CC2)c2ccc(F)cc21. The minimum Gasteiger partial charge on any atom is -0.481 e. The maximum Gasteiger partial charge on any atom is 0.325 e. The number of halogens is 1. The summed E-state index contributed by atoms with van der Waals surface area (Å²) in [4.78, 5) is 28.8. The molecule has 164 valence electrons. The van der Waals surface area contributed by atoms with Crippen LogP contribution in [0.3, 0.4) is 0 Å². The van der Waals surface area contributed by atoms with Crippen LogP contribution >= 0.6 is 11.3 Å². The van der Waals surface area contributed by atoms with Gasteiger partial charge in [0.05, 0.1) is 11.9 Å². The molecule has 9 heteroatoms. The lowest BCUT2D eigenvalue weighted by Gasteiger charge is -2.37. The first-order valence-corrected chi connectivity index (χ1v) is 11.0. The third kappa shape index (κ3) is 4.79. The van der Waals surface area contributed by atoms with Crippen LogP contribution in [0.5, 0.6) is 0 Å². The fraction of sp³-hybridized carbons (Fsp3) is 0.364. The molecule has 2 N–H and O–H groups in total. The average Bonchev–Trinajstić information content (AvgIpc) is 3.36. The summed E-state index contributed by atoms with van der Waals surface area (Å²) in [6.45, 7) is 3.73. The highest BCUT2D eigenvalue weighted by Gasteiger charge is 2.33. The second kappa shape index (κ2) is 9.17. The van der Waals surface area contributed by atoms with Crippen molar-refractivity contribution in [3.05, 3.63) is 58.2 Å². The molecule has 0 bridgehead atoms. The summed E-state index contributed by atoms with van der Waals surface area (Å²) in [6, 6.07) is 7.48. The number of carbonyl (C=O) groups is 2. The van der Waals surface area contributed by atoms with Crippen LogP contribution in [0.2, 0.25) is 0 Å². The minimum atomic E-state index is -0.965. The Morgan fingerprint density at radius 2 is 1.90 bits per heavy atom. The van der Waals surface area contributed by atoms with Crippen molar-refractivity contribution in [1.82, 2.24) is 14.4 Å². The Morgan fingerprint density at radius 3 is 2.55 bits per heavy atom. The first-order valence-electron chi connectivity index (χ1n) is 10.1. The Hall–Kier alpha value is -2.75. The number of aliphatic carboxylic acids is 2. The van der Waals surface area contributed by atoms with Crippen molar-refractivity contribution in [3.8, 4) is 0 Å². The molecule has 4 rings (SSSR count).